The zero-order valence-corrected chi connectivity index (χ0v) is 58.3. The second-order valence-corrected chi connectivity index (χ2v) is 31.7. The van der Waals surface area contributed by atoms with Crippen molar-refractivity contribution in [1.82, 2.24) is 30.5 Å². The van der Waals surface area contributed by atoms with Gasteiger partial charge >= 0.3 is 0 Å². The number of hydrogen-bond donors (Lipinski definition) is 2. The predicted molar refractivity (Wildman–Crippen MR) is 388 cm³/mol. The largest absolute Gasteiger partial charge is 0.489 e. The number of ether oxygens (including phenoxy) is 3. The molecule has 13 nitrogen and oxygen atoms in total. The molecule has 18 rings (SSSR count). The van der Waals surface area contributed by atoms with E-state index in [-0.39, 0.29) is 63.7 Å². The normalized spacial score (nSPS) is 32.8. The summed E-state index contributed by atoms with van der Waals surface area (Å²) >= 11 is 0. The van der Waals surface area contributed by atoms with Crippen LogP contribution in [0.4, 0.5) is 0 Å². The minimum Gasteiger partial charge on any atom is -0.489 e. The molecule has 0 spiro atoms. The number of ketones is 3. The number of nitrogens with one attached hydrogen (secondary N) is 2. The van der Waals surface area contributed by atoms with Gasteiger partial charge in [-0.1, -0.05) is 112 Å². The first-order valence-electron chi connectivity index (χ1n) is 36.5. The summed E-state index contributed by atoms with van der Waals surface area (Å²) in [4.78, 5) is 64.8. The van der Waals surface area contributed by atoms with Crippen molar-refractivity contribution in [1.29, 1.82) is 0 Å². The third-order valence-electron chi connectivity index (χ3n) is 25.3. The molecule has 1 amide bonds. The molecule has 9 aliphatic carbocycles. The number of rotatable bonds is 9. The Labute approximate surface area is 581 Å². The van der Waals surface area contributed by atoms with Crippen LogP contribution in [-0.2, 0) is 33.4 Å². The molecule has 13 heteroatoms. The van der Waals surface area contributed by atoms with Crippen molar-refractivity contribution in [3.05, 3.63) is 232 Å². The van der Waals surface area contributed by atoms with Crippen LogP contribution in [0.1, 0.15) is 139 Å². The van der Waals surface area contributed by atoms with E-state index in [1.807, 2.05) is 44.2 Å². The SMILES string of the molecule is CC(=O)NCC1CC(=O)C2=C(C1)O[C@@H]1C(=C2)C=C[C@]2(C)[C@@H](c3ccc4cnccc4c3)CC[C@@H]12.CN(C)CC1CC(=O)C2=C(C1)O[C@@H]1C(=C2)C=C[C@]2(C)[C@@H](c3ccc4cnccc4c3)CC[C@@H]12.CNCC1CC(=O)C2=C(C1)O[C@@H]1C(=C2)C=C[C@]2(C)[C@@H](c3ccc4cnccc4c3)CC[C@@H]12. The summed E-state index contributed by atoms with van der Waals surface area (Å²) in [5, 5.41) is 13.4. The first-order valence-corrected chi connectivity index (χ1v) is 36.5. The summed E-state index contributed by atoms with van der Waals surface area (Å²) in [6, 6.07) is 26.7. The molecule has 3 aromatic heterocycles. The lowest BCUT2D eigenvalue weighted by Crippen LogP contribution is -2.41. The van der Waals surface area contributed by atoms with Crippen LogP contribution < -0.4 is 10.6 Å². The molecule has 99 heavy (non-hydrogen) atoms. The van der Waals surface area contributed by atoms with Crippen LogP contribution in [-0.4, -0.2) is 102 Å². The van der Waals surface area contributed by atoms with E-state index in [1.54, 1.807) is 0 Å². The molecular weight excluding hydrogens is 1230 g/mol. The van der Waals surface area contributed by atoms with E-state index in [0.29, 0.717) is 79.6 Å². The van der Waals surface area contributed by atoms with Crippen LogP contribution in [0.15, 0.2) is 215 Å². The Morgan fingerprint density at radius 1 is 0.475 bits per heavy atom. The Bertz CT molecular complexity index is 4620. The fourth-order valence-corrected chi connectivity index (χ4v) is 20.2. The van der Waals surface area contributed by atoms with Crippen molar-refractivity contribution in [3.8, 4) is 0 Å². The molecule has 0 bridgehead atoms. The zero-order valence-electron chi connectivity index (χ0n) is 58.3. The Hall–Kier alpha value is -8.65. The Kier molecular flexibility index (Phi) is 17.0. The highest BCUT2D eigenvalue weighted by Gasteiger charge is 2.56. The summed E-state index contributed by atoms with van der Waals surface area (Å²) in [5.74, 6) is 6.54. The number of benzene rings is 3. The van der Waals surface area contributed by atoms with Crippen molar-refractivity contribution in [2.45, 2.75) is 141 Å². The second kappa shape index (κ2) is 25.8. The van der Waals surface area contributed by atoms with E-state index in [9.17, 15) is 19.2 Å². The lowest BCUT2D eigenvalue weighted by Gasteiger charge is -2.45. The zero-order chi connectivity index (χ0) is 68.1. The fraction of sp³-hybridized carbons (Fsp3) is 0.430. The first-order chi connectivity index (χ1) is 47.9. The smallest absolute Gasteiger partial charge is 0.216 e. The average molecular weight is 1320 g/mol. The molecule has 3 saturated carbocycles. The van der Waals surface area contributed by atoms with Gasteiger partial charge in [0.2, 0.25) is 5.91 Å². The molecule has 3 aliphatic heterocycles. The number of fused-ring (bicyclic) bond motifs is 12. The minimum absolute atomic E-state index is 0.00492. The highest BCUT2D eigenvalue weighted by Crippen LogP contribution is 2.63. The number of carbonyl (C=O) groups is 4. The van der Waals surface area contributed by atoms with Crippen molar-refractivity contribution >= 4 is 55.6 Å². The first kappa shape index (κ1) is 65.0. The summed E-state index contributed by atoms with van der Waals surface area (Å²) < 4.78 is 20.1. The fourth-order valence-electron chi connectivity index (χ4n) is 20.2. The average Bonchev–Trinajstić information content (AvgIpc) is 1.65. The number of aromatic nitrogens is 3. The monoisotopic (exact) mass is 1320 g/mol. The van der Waals surface area contributed by atoms with Crippen LogP contribution in [0.25, 0.3) is 32.3 Å². The molecular formula is C86H92N6O7. The van der Waals surface area contributed by atoms with Crippen LogP contribution in [0.2, 0.25) is 0 Å². The van der Waals surface area contributed by atoms with Crippen molar-refractivity contribution in [3.63, 3.8) is 0 Å². The minimum atomic E-state index is -0.0610. The molecule has 12 aliphatic rings. The van der Waals surface area contributed by atoms with Crippen LogP contribution in [0.5, 0.6) is 0 Å². The maximum atomic E-state index is 12.9. The summed E-state index contributed by atoms with van der Waals surface area (Å²) in [5.41, 5.74) is 10.1. The van der Waals surface area contributed by atoms with Gasteiger partial charge in [-0.3, -0.25) is 34.1 Å². The summed E-state index contributed by atoms with van der Waals surface area (Å²) in [6.07, 6.45) is 42.6. The maximum absolute atomic E-state index is 12.9. The van der Waals surface area contributed by atoms with Gasteiger partial charge in [0, 0.05) is 130 Å². The summed E-state index contributed by atoms with van der Waals surface area (Å²) in [6.45, 7) is 11.0. The molecule has 0 saturated heterocycles. The van der Waals surface area contributed by atoms with Gasteiger partial charge in [-0.2, -0.15) is 0 Å². The van der Waals surface area contributed by atoms with Gasteiger partial charge in [0.15, 0.2) is 17.3 Å². The lowest BCUT2D eigenvalue weighted by molar-refractivity contribution is -0.120. The van der Waals surface area contributed by atoms with Gasteiger partial charge in [-0.15, -0.1) is 0 Å². The van der Waals surface area contributed by atoms with Gasteiger partial charge in [0.1, 0.15) is 35.6 Å². The number of Topliss-reactive ketones (excluding diaryl/α,β-unsaturated/α-hetero) is 3. The Morgan fingerprint density at radius 3 is 1.18 bits per heavy atom. The van der Waals surface area contributed by atoms with Gasteiger partial charge in [-0.05, 0) is 204 Å². The number of nitrogens with zero attached hydrogens (tertiary/aromatic N) is 4. The van der Waals surface area contributed by atoms with E-state index in [1.165, 1.54) is 67.1 Å². The topological polar surface area (TPSA) is 162 Å². The number of pyridine rings is 3. The van der Waals surface area contributed by atoms with E-state index in [0.717, 1.165) is 104 Å². The molecule has 15 atom stereocenters. The number of carbonyl (C=O) groups excluding carboxylic acids is 4. The molecule has 0 radical (unpaired) electrons. The molecule has 508 valence electrons. The highest BCUT2D eigenvalue weighted by molar-refractivity contribution is 6.01. The van der Waals surface area contributed by atoms with E-state index in [4.69, 9.17) is 14.2 Å². The maximum Gasteiger partial charge on any atom is 0.216 e. The number of amides is 1. The molecule has 6 heterocycles. The highest BCUT2D eigenvalue weighted by atomic mass is 16.5. The molecule has 2 N–H and O–H groups in total. The van der Waals surface area contributed by atoms with Crippen LogP contribution in [0, 0.1) is 51.8 Å². The lowest BCUT2D eigenvalue weighted by atomic mass is 9.64. The number of hydrogen-bond acceptors (Lipinski definition) is 12. The number of allylic oxidation sites excluding steroid dienone is 12. The van der Waals surface area contributed by atoms with Crippen molar-refractivity contribution in [2.24, 2.45) is 51.8 Å². The predicted octanol–water partition coefficient (Wildman–Crippen LogP) is 15.5. The van der Waals surface area contributed by atoms with E-state index in [2.05, 4.69) is 193 Å². The van der Waals surface area contributed by atoms with Gasteiger partial charge < -0.3 is 29.7 Å². The van der Waals surface area contributed by atoms with Crippen molar-refractivity contribution < 1.29 is 33.4 Å². The van der Waals surface area contributed by atoms with Crippen LogP contribution >= 0.6 is 0 Å². The second-order valence-electron chi connectivity index (χ2n) is 31.7. The molecule has 6 aromatic rings. The molecule has 3 unspecified atom stereocenters. The van der Waals surface area contributed by atoms with Gasteiger partial charge in [-0.25, -0.2) is 0 Å². The molecule has 3 aromatic carbocycles. The standard InChI is InChI=1S/C29H30N2O3.C29H32N2O2.C28H30N2O2/c1-17(32)31-15-18-11-26(33)23-14-21-7-9-29(2)24(5-6-25(29)28(21)34-27(23)12-18)20-3-4-22-16-30-10-8-19(22)13-20;1-29-10-8-21-15-23-26(32)12-18(17-31(2)3)13-27(23)33-28(21)25(29)7-6-24(29)20-4-5-22-16-30-11-9-19(22)14-20;1-28-9-7-20-14-22-25(31)11-17(15-29-2)12-26(22)32-27(20)24(28)6-5-23(28)19-3-4-21-16-30-10-8-18(21)13-19/h3-4,7-10,13-14,16,18,24-25,28H,5-6,11-12,15H2,1-2H3,(H,31,32);4-5,8-11,14-16,18,24-25,28H,6-7,12-13,17H2,1-3H3;3-4,7-10,13-14,16-17,23-24,27,29H,5-6,11-12,15H2,1-2H3/t2*18?,24-,25+,28-,29-;17?,23-,24+,27-,28-/m111/s1. The van der Waals surface area contributed by atoms with Gasteiger partial charge in [0.05, 0.1) is 16.7 Å². The van der Waals surface area contributed by atoms with E-state index >= 15 is 0 Å². The molecule has 3 fully saturated rings. The van der Waals surface area contributed by atoms with Crippen molar-refractivity contribution in [2.75, 3.05) is 40.8 Å². The van der Waals surface area contributed by atoms with Crippen LogP contribution in [0.3, 0.4) is 0 Å². The Balaban J connectivity index is 0.000000116. The van der Waals surface area contributed by atoms with E-state index < -0.39 is 0 Å². The van der Waals surface area contributed by atoms with Gasteiger partial charge in [0.25, 0.3) is 0 Å². The third kappa shape index (κ3) is 11.8. The Morgan fingerprint density at radius 2 is 0.828 bits per heavy atom. The quantitative estimate of drug-likeness (QED) is 0.141. The summed E-state index contributed by atoms with van der Waals surface area (Å²) in [7, 11) is 6.11. The third-order valence-corrected chi connectivity index (χ3v) is 25.3.